The molecule has 2 N–H and O–H groups in total. The standard InChI is InChI=1S/C9H21NO3S/c1-8(2)9(3)13-6-4-5-7-14(10,11)12/h8-9H,4-7H2,1-3H3,(H2,10,11,12). The quantitative estimate of drug-likeness (QED) is 0.657. The molecule has 1 unspecified atom stereocenters. The largest absolute Gasteiger partial charge is 0.378 e. The molecule has 0 saturated heterocycles. The van der Waals surface area contributed by atoms with Crippen molar-refractivity contribution in [1.82, 2.24) is 0 Å². The van der Waals surface area contributed by atoms with Gasteiger partial charge in [-0.25, -0.2) is 13.6 Å². The Morgan fingerprint density at radius 3 is 2.21 bits per heavy atom. The minimum atomic E-state index is -3.30. The highest BCUT2D eigenvalue weighted by Gasteiger charge is 2.07. The van der Waals surface area contributed by atoms with Gasteiger partial charge in [0, 0.05) is 6.61 Å². The first-order valence-corrected chi connectivity index (χ1v) is 6.66. The second-order valence-corrected chi connectivity index (χ2v) is 5.63. The lowest BCUT2D eigenvalue weighted by Gasteiger charge is -2.16. The van der Waals surface area contributed by atoms with Gasteiger partial charge in [-0.1, -0.05) is 13.8 Å². The fourth-order valence-corrected chi connectivity index (χ4v) is 1.47. The zero-order valence-electron chi connectivity index (χ0n) is 9.19. The molecule has 5 heteroatoms. The number of hydrogen-bond donors (Lipinski definition) is 1. The Hall–Kier alpha value is -0.130. The number of rotatable bonds is 7. The third-order valence-electron chi connectivity index (χ3n) is 2.14. The number of hydrogen-bond acceptors (Lipinski definition) is 3. The summed E-state index contributed by atoms with van der Waals surface area (Å²) in [6.07, 6.45) is 1.54. The van der Waals surface area contributed by atoms with E-state index in [9.17, 15) is 8.42 Å². The van der Waals surface area contributed by atoms with Gasteiger partial charge in [0.1, 0.15) is 0 Å². The van der Waals surface area contributed by atoms with Crippen LogP contribution in [-0.2, 0) is 14.8 Å². The van der Waals surface area contributed by atoms with E-state index in [0.29, 0.717) is 18.9 Å². The van der Waals surface area contributed by atoms with Crippen LogP contribution in [-0.4, -0.2) is 26.9 Å². The number of ether oxygens (including phenoxy) is 1. The molecule has 0 heterocycles. The SMILES string of the molecule is CC(C)C(C)OCCCCS(N)(=O)=O. The molecule has 1 atom stereocenters. The van der Waals surface area contributed by atoms with Crippen molar-refractivity contribution in [2.45, 2.75) is 39.7 Å². The molecule has 14 heavy (non-hydrogen) atoms. The molecule has 0 aromatic rings. The lowest BCUT2D eigenvalue weighted by Crippen LogP contribution is -2.18. The molecule has 0 aromatic carbocycles. The molecule has 0 aromatic heterocycles. The van der Waals surface area contributed by atoms with E-state index in [4.69, 9.17) is 9.88 Å². The summed E-state index contributed by atoms with van der Waals surface area (Å²) in [5.41, 5.74) is 0. The predicted octanol–water partition coefficient (Wildman–Crippen LogP) is 1.12. The van der Waals surface area contributed by atoms with Crippen molar-refractivity contribution < 1.29 is 13.2 Å². The average Bonchev–Trinajstić information content (AvgIpc) is 2.01. The minimum Gasteiger partial charge on any atom is -0.378 e. The Balaban J connectivity index is 3.39. The molecule has 0 rings (SSSR count). The van der Waals surface area contributed by atoms with Gasteiger partial charge in [0.05, 0.1) is 11.9 Å². The molecule has 86 valence electrons. The van der Waals surface area contributed by atoms with Crippen LogP contribution in [0.3, 0.4) is 0 Å². The van der Waals surface area contributed by atoms with E-state index >= 15 is 0 Å². The Labute approximate surface area is 86.9 Å². The van der Waals surface area contributed by atoms with E-state index in [1.165, 1.54) is 0 Å². The number of nitrogens with two attached hydrogens (primary N) is 1. The fraction of sp³-hybridized carbons (Fsp3) is 1.00. The summed E-state index contributed by atoms with van der Waals surface area (Å²) in [5.74, 6) is 0.542. The van der Waals surface area contributed by atoms with Crippen LogP contribution in [0.4, 0.5) is 0 Å². The smallest absolute Gasteiger partial charge is 0.209 e. The van der Waals surface area contributed by atoms with Crippen molar-refractivity contribution in [1.29, 1.82) is 0 Å². The zero-order chi connectivity index (χ0) is 11.2. The van der Waals surface area contributed by atoms with Crippen LogP contribution in [0.5, 0.6) is 0 Å². The first kappa shape index (κ1) is 13.9. The van der Waals surface area contributed by atoms with E-state index in [2.05, 4.69) is 13.8 Å². The van der Waals surface area contributed by atoms with Gasteiger partial charge in [-0.15, -0.1) is 0 Å². The third kappa shape index (κ3) is 8.47. The van der Waals surface area contributed by atoms with Crippen LogP contribution < -0.4 is 5.14 Å². The first-order chi connectivity index (χ1) is 6.33. The fourth-order valence-electron chi connectivity index (χ4n) is 0.867. The van der Waals surface area contributed by atoms with Crippen LogP contribution >= 0.6 is 0 Å². The van der Waals surface area contributed by atoms with Gasteiger partial charge in [0.25, 0.3) is 0 Å². The Kier molecular flexibility index (Phi) is 6.31. The maximum atomic E-state index is 10.6. The van der Waals surface area contributed by atoms with Gasteiger partial charge in [0.2, 0.25) is 10.0 Å². The third-order valence-corrected chi connectivity index (χ3v) is 3.00. The van der Waals surface area contributed by atoms with E-state index in [0.717, 1.165) is 6.42 Å². The normalized spacial score (nSPS) is 14.6. The van der Waals surface area contributed by atoms with Crippen molar-refractivity contribution in [2.75, 3.05) is 12.4 Å². The van der Waals surface area contributed by atoms with E-state index in [1.807, 2.05) is 6.92 Å². The molecular formula is C9H21NO3S. The lowest BCUT2D eigenvalue weighted by atomic mass is 10.1. The Bertz CT molecular complexity index is 236. The predicted molar refractivity (Wildman–Crippen MR) is 57.5 cm³/mol. The van der Waals surface area contributed by atoms with Gasteiger partial charge >= 0.3 is 0 Å². The molecule has 0 aliphatic carbocycles. The second kappa shape index (κ2) is 6.37. The van der Waals surface area contributed by atoms with Gasteiger partial charge in [-0.3, -0.25) is 0 Å². The average molecular weight is 223 g/mol. The summed E-state index contributed by atoms with van der Waals surface area (Å²) in [5, 5.41) is 4.86. The first-order valence-electron chi connectivity index (χ1n) is 4.95. The summed E-state index contributed by atoms with van der Waals surface area (Å²) in [6, 6.07) is 0. The van der Waals surface area contributed by atoms with Gasteiger partial charge in [-0.2, -0.15) is 0 Å². The molecule has 0 saturated carbocycles. The molecule has 0 amide bonds. The van der Waals surface area contributed by atoms with Gasteiger partial charge < -0.3 is 4.74 Å². The van der Waals surface area contributed by atoms with E-state index < -0.39 is 10.0 Å². The Morgan fingerprint density at radius 2 is 1.79 bits per heavy atom. The highest BCUT2D eigenvalue weighted by molar-refractivity contribution is 7.89. The molecule has 0 spiro atoms. The van der Waals surface area contributed by atoms with Gasteiger partial charge in [0.15, 0.2) is 0 Å². The van der Waals surface area contributed by atoms with Crippen LogP contribution in [0.15, 0.2) is 0 Å². The van der Waals surface area contributed by atoms with Crippen LogP contribution in [0, 0.1) is 5.92 Å². The van der Waals surface area contributed by atoms with E-state index in [1.54, 1.807) is 0 Å². The summed E-state index contributed by atoms with van der Waals surface area (Å²) >= 11 is 0. The minimum absolute atomic E-state index is 0.0480. The van der Waals surface area contributed by atoms with Crippen molar-refractivity contribution in [2.24, 2.45) is 11.1 Å². The number of sulfonamides is 1. The van der Waals surface area contributed by atoms with Crippen molar-refractivity contribution >= 4 is 10.0 Å². The number of unbranched alkanes of at least 4 members (excludes halogenated alkanes) is 1. The second-order valence-electron chi connectivity index (χ2n) is 3.89. The van der Waals surface area contributed by atoms with Gasteiger partial charge in [-0.05, 0) is 25.7 Å². The van der Waals surface area contributed by atoms with Crippen molar-refractivity contribution in [3.8, 4) is 0 Å². The maximum absolute atomic E-state index is 10.6. The zero-order valence-corrected chi connectivity index (χ0v) is 10.0. The molecule has 0 radical (unpaired) electrons. The van der Waals surface area contributed by atoms with Crippen molar-refractivity contribution in [3.05, 3.63) is 0 Å². The Morgan fingerprint density at radius 1 is 1.21 bits per heavy atom. The topological polar surface area (TPSA) is 69.4 Å². The molecular weight excluding hydrogens is 202 g/mol. The summed E-state index contributed by atoms with van der Waals surface area (Å²) in [7, 11) is -3.30. The maximum Gasteiger partial charge on any atom is 0.209 e. The summed E-state index contributed by atoms with van der Waals surface area (Å²) in [6.45, 7) is 6.81. The van der Waals surface area contributed by atoms with Crippen LogP contribution in [0.2, 0.25) is 0 Å². The van der Waals surface area contributed by atoms with Crippen molar-refractivity contribution in [3.63, 3.8) is 0 Å². The van der Waals surface area contributed by atoms with Crippen LogP contribution in [0.25, 0.3) is 0 Å². The lowest BCUT2D eigenvalue weighted by molar-refractivity contribution is 0.0339. The summed E-state index contributed by atoms with van der Waals surface area (Å²) in [4.78, 5) is 0. The monoisotopic (exact) mass is 223 g/mol. The molecule has 0 aliphatic rings. The van der Waals surface area contributed by atoms with Crippen LogP contribution in [0.1, 0.15) is 33.6 Å². The number of primary sulfonamides is 1. The molecule has 0 bridgehead atoms. The molecule has 4 nitrogen and oxygen atoms in total. The molecule has 0 aliphatic heterocycles. The molecule has 0 fully saturated rings. The highest BCUT2D eigenvalue weighted by atomic mass is 32.2. The van der Waals surface area contributed by atoms with E-state index in [-0.39, 0.29) is 11.9 Å². The summed E-state index contributed by atoms with van der Waals surface area (Å²) < 4.78 is 26.6. The highest BCUT2D eigenvalue weighted by Crippen LogP contribution is 2.06.